The van der Waals surface area contributed by atoms with Crippen LogP contribution in [0.1, 0.15) is 31.5 Å². The van der Waals surface area contributed by atoms with Gasteiger partial charge in [0.2, 0.25) is 21.9 Å². The number of hydrogen-bond acceptors (Lipinski definition) is 11. The van der Waals surface area contributed by atoms with E-state index >= 15 is 0 Å². The maximum absolute atomic E-state index is 11.6. The van der Waals surface area contributed by atoms with Crippen molar-refractivity contribution in [3.63, 3.8) is 0 Å². The minimum atomic E-state index is -4.54. The molecule has 17 heteroatoms. The third-order valence-electron chi connectivity index (χ3n) is 4.20. The van der Waals surface area contributed by atoms with Gasteiger partial charge in [0, 0.05) is 13.0 Å². The summed E-state index contributed by atoms with van der Waals surface area (Å²) in [6.45, 7) is 0.329. The van der Waals surface area contributed by atoms with E-state index < -0.39 is 41.0 Å². The van der Waals surface area contributed by atoms with Crippen LogP contribution < -0.4 is 15.4 Å². The first-order valence-electron chi connectivity index (χ1n) is 9.95. The summed E-state index contributed by atoms with van der Waals surface area (Å²) < 4.78 is 88.2. The molecule has 0 aliphatic rings. The lowest BCUT2D eigenvalue weighted by Crippen LogP contribution is -2.22. The van der Waals surface area contributed by atoms with Crippen molar-refractivity contribution in [1.29, 1.82) is 0 Å². The van der Waals surface area contributed by atoms with Crippen LogP contribution in [0.2, 0.25) is 0 Å². The van der Waals surface area contributed by atoms with E-state index in [0.717, 1.165) is 19.1 Å². The van der Waals surface area contributed by atoms with Gasteiger partial charge in [-0.3, -0.25) is 9.11 Å². The van der Waals surface area contributed by atoms with Gasteiger partial charge in [-0.15, -0.1) is 0 Å². The molecule has 1 aromatic heterocycles. The molecule has 2 rings (SSSR count). The Morgan fingerprint density at radius 3 is 2.15 bits per heavy atom. The average molecular weight is 539 g/mol. The molecule has 0 fully saturated rings. The maximum atomic E-state index is 11.6. The summed E-state index contributed by atoms with van der Waals surface area (Å²) in [5.74, 6) is -0.887. The zero-order valence-electron chi connectivity index (χ0n) is 18.2. The molecular formula is C17H26N6O8S3. The smallest absolute Gasteiger partial charge is 0.296 e. The molecule has 0 aliphatic heterocycles. The summed E-state index contributed by atoms with van der Waals surface area (Å²) in [5, 5.41) is 5.03. The number of rotatable bonds is 14. The van der Waals surface area contributed by atoms with Crippen molar-refractivity contribution < 1.29 is 34.4 Å². The SMILES string of the molecule is CS(=O)(=O)NCCCCCCc1nc(NCS(=O)(=O)O)nc(Nc2ccccc2S(=O)(=O)O)n1. The molecule has 14 nitrogen and oxygen atoms in total. The summed E-state index contributed by atoms with van der Waals surface area (Å²) in [5.41, 5.74) is -0.0127. The normalized spacial score (nSPS) is 12.4. The first-order chi connectivity index (χ1) is 15.7. The lowest BCUT2D eigenvalue weighted by atomic mass is 10.1. The van der Waals surface area contributed by atoms with Crippen LogP contribution in [0, 0.1) is 0 Å². The molecule has 1 heterocycles. The molecule has 190 valence electrons. The first kappa shape index (κ1) is 27.8. The second-order valence-corrected chi connectivity index (χ2v) is 11.9. The first-order valence-corrected chi connectivity index (χ1v) is 14.9. The highest BCUT2D eigenvalue weighted by atomic mass is 32.2. The highest BCUT2D eigenvalue weighted by molar-refractivity contribution is 7.88. The number of sulfonamides is 1. The fourth-order valence-electron chi connectivity index (χ4n) is 2.76. The summed E-state index contributed by atoms with van der Waals surface area (Å²) in [4.78, 5) is 11.9. The Kier molecular flexibility index (Phi) is 9.65. The lowest BCUT2D eigenvalue weighted by Gasteiger charge is -2.11. The van der Waals surface area contributed by atoms with Gasteiger partial charge in [0.1, 0.15) is 16.6 Å². The van der Waals surface area contributed by atoms with E-state index in [4.69, 9.17) is 4.55 Å². The van der Waals surface area contributed by atoms with Gasteiger partial charge in [-0.1, -0.05) is 25.0 Å². The Balaban J connectivity index is 2.13. The van der Waals surface area contributed by atoms with E-state index in [2.05, 4.69) is 30.3 Å². The van der Waals surface area contributed by atoms with Crippen LogP contribution in [0.15, 0.2) is 29.2 Å². The Morgan fingerprint density at radius 2 is 1.50 bits per heavy atom. The molecule has 0 saturated heterocycles. The number of aryl methyl sites for hydroxylation is 1. The van der Waals surface area contributed by atoms with Crippen LogP contribution >= 0.6 is 0 Å². The Labute approximate surface area is 198 Å². The van der Waals surface area contributed by atoms with Gasteiger partial charge >= 0.3 is 0 Å². The molecule has 0 atom stereocenters. The van der Waals surface area contributed by atoms with Crippen molar-refractivity contribution in [2.24, 2.45) is 0 Å². The number of para-hydroxylation sites is 1. The number of unbranched alkanes of at least 4 members (excludes halogenated alkanes) is 3. The summed E-state index contributed by atoms with van der Waals surface area (Å²) in [6, 6.07) is 5.49. The van der Waals surface area contributed by atoms with Gasteiger partial charge in [-0.25, -0.2) is 13.1 Å². The fraction of sp³-hybridized carbons (Fsp3) is 0.471. The number of hydrogen-bond donors (Lipinski definition) is 5. The molecule has 1 aromatic carbocycles. The summed E-state index contributed by atoms with van der Waals surface area (Å²) in [6.07, 6.45) is 4.19. The van der Waals surface area contributed by atoms with Crippen LogP contribution in [0.25, 0.3) is 0 Å². The molecule has 0 saturated carbocycles. The van der Waals surface area contributed by atoms with Crippen molar-refractivity contribution in [2.75, 3.05) is 29.3 Å². The van der Waals surface area contributed by atoms with E-state index in [-0.39, 0.29) is 23.4 Å². The standard InChI is InChI=1S/C17H26N6O8S3/c1-32(24,25)19-11-7-3-2-4-10-15-21-16(18-12-33(26,27)28)23-17(22-15)20-13-8-5-6-9-14(13)34(29,30)31/h5-6,8-9,19H,2-4,7,10-12H2,1H3,(H,26,27,28)(H,29,30,31)(H2,18,20,21,22,23). The van der Waals surface area contributed by atoms with Crippen LogP contribution in [-0.2, 0) is 36.7 Å². The lowest BCUT2D eigenvalue weighted by molar-refractivity contribution is 0.482. The van der Waals surface area contributed by atoms with E-state index in [9.17, 15) is 29.8 Å². The number of nitrogens with zero attached hydrogens (tertiary/aromatic N) is 3. The van der Waals surface area contributed by atoms with E-state index in [1.54, 1.807) is 0 Å². The summed E-state index contributed by atoms with van der Waals surface area (Å²) >= 11 is 0. The molecule has 2 aromatic rings. The summed E-state index contributed by atoms with van der Waals surface area (Å²) in [7, 11) is -12.1. The predicted octanol–water partition coefficient (Wildman–Crippen LogP) is 0.771. The van der Waals surface area contributed by atoms with Gasteiger partial charge in [0.15, 0.2) is 0 Å². The van der Waals surface area contributed by atoms with Crippen molar-refractivity contribution in [1.82, 2.24) is 19.7 Å². The zero-order valence-corrected chi connectivity index (χ0v) is 20.6. The Hall–Kier alpha value is -2.44. The van der Waals surface area contributed by atoms with Gasteiger partial charge < -0.3 is 10.6 Å². The molecule has 0 amide bonds. The van der Waals surface area contributed by atoms with E-state index in [1.807, 2.05) is 0 Å². The van der Waals surface area contributed by atoms with E-state index in [0.29, 0.717) is 25.8 Å². The van der Waals surface area contributed by atoms with Crippen LogP contribution in [0.5, 0.6) is 0 Å². The minimum absolute atomic E-state index is 0.0127. The Morgan fingerprint density at radius 1 is 0.853 bits per heavy atom. The maximum Gasteiger partial charge on any atom is 0.296 e. The number of anilines is 3. The van der Waals surface area contributed by atoms with Crippen molar-refractivity contribution in [2.45, 2.75) is 37.0 Å². The number of aromatic nitrogens is 3. The molecule has 34 heavy (non-hydrogen) atoms. The molecule has 0 radical (unpaired) electrons. The van der Waals surface area contributed by atoms with Crippen molar-refractivity contribution in [3.05, 3.63) is 30.1 Å². The van der Waals surface area contributed by atoms with Crippen LogP contribution in [0.3, 0.4) is 0 Å². The van der Waals surface area contributed by atoms with Gasteiger partial charge in [-0.05, 0) is 25.0 Å². The van der Waals surface area contributed by atoms with Crippen LogP contribution in [-0.4, -0.2) is 68.0 Å². The highest BCUT2D eigenvalue weighted by Crippen LogP contribution is 2.23. The molecular weight excluding hydrogens is 512 g/mol. The topological polar surface area (TPSA) is 218 Å². The molecule has 0 unspecified atom stereocenters. The minimum Gasteiger partial charge on any atom is -0.338 e. The van der Waals surface area contributed by atoms with E-state index in [1.165, 1.54) is 24.3 Å². The van der Waals surface area contributed by atoms with Gasteiger partial charge in [0.05, 0.1) is 11.9 Å². The molecule has 0 bridgehead atoms. The molecule has 5 N–H and O–H groups in total. The quantitative estimate of drug-likeness (QED) is 0.166. The third-order valence-corrected chi connectivity index (χ3v) is 6.35. The second-order valence-electron chi connectivity index (χ2n) is 7.23. The van der Waals surface area contributed by atoms with Crippen LogP contribution in [0.4, 0.5) is 17.6 Å². The Bertz CT molecular complexity index is 1300. The van der Waals surface area contributed by atoms with Crippen molar-refractivity contribution >= 4 is 47.8 Å². The molecule has 0 spiro atoms. The fourth-order valence-corrected chi connectivity index (χ4v) is 4.23. The van der Waals surface area contributed by atoms with Crippen molar-refractivity contribution in [3.8, 4) is 0 Å². The zero-order chi connectivity index (χ0) is 25.4. The monoisotopic (exact) mass is 538 g/mol. The third kappa shape index (κ3) is 10.7. The number of nitrogens with one attached hydrogen (secondary N) is 3. The van der Waals surface area contributed by atoms with Gasteiger partial charge in [0.25, 0.3) is 20.2 Å². The number of benzene rings is 1. The second kappa shape index (κ2) is 11.8. The largest absolute Gasteiger partial charge is 0.338 e. The van der Waals surface area contributed by atoms with Gasteiger partial charge in [-0.2, -0.15) is 31.8 Å². The predicted molar refractivity (Wildman–Crippen MR) is 124 cm³/mol. The molecule has 0 aliphatic carbocycles. The highest BCUT2D eigenvalue weighted by Gasteiger charge is 2.17. The average Bonchev–Trinajstić information content (AvgIpc) is 2.70.